The summed E-state index contributed by atoms with van der Waals surface area (Å²) in [4.78, 5) is 50.5. The van der Waals surface area contributed by atoms with Gasteiger partial charge in [-0.15, -0.1) is 0 Å². The first-order valence-electron chi connectivity index (χ1n) is 14.4. The van der Waals surface area contributed by atoms with Gasteiger partial charge in [0.15, 0.2) is 0 Å². The molecule has 8 aliphatic rings. The zero-order valence-corrected chi connectivity index (χ0v) is 23.5. The van der Waals surface area contributed by atoms with Gasteiger partial charge >= 0.3 is 11.9 Å². The van der Waals surface area contributed by atoms with E-state index in [1.165, 1.54) is 60.1 Å². The third kappa shape index (κ3) is 5.08. The van der Waals surface area contributed by atoms with Gasteiger partial charge in [0.1, 0.15) is 12.1 Å². The third-order valence-electron chi connectivity index (χ3n) is 10.8. The summed E-state index contributed by atoms with van der Waals surface area (Å²) in [5, 5.41) is 25.2. The first-order valence-corrected chi connectivity index (χ1v) is 16.9. The summed E-state index contributed by atoms with van der Waals surface area (Å²) in [6.45, 7) is 0. The highest BCUT2D eigenvalue weighted by Gasteiger charge is 2.56. The number of amides is 2. The van der Waals surface area contributed by atoms with Crippen molar-refractivity contribution < 1.29 is 29.4 Å². The normalized spacial score (nSPS) is 41.5. The summed E-state index contributed by atoms with van der Waals surface area (Å²) in [6, 6.07) is -2.03. The van der Waals surface area contributed by atoms with Crippen LogP contribution in [-0.4, -0.2) is 57.6 Å². The highest BCUT2D eigenvalue weighted by Crippen LogP contribution is 2.61. The van der Waals surface area contributed by atoms with Crippen LogP contribution in [0.4, 0.5) is 0 Å². The summed E-state index contributed by atoms with van der Waals surface area (Å²) in [7, 11) is 2.49. The van der Waals surface area contributed by atoms with Gasteiger partial charge in [-0.3, -0.25) is 9.59 Å². The van der Waals surface area contributed by atoms with Crippen molar-refractivity contribution in [3.05, 3.63) is 0 Å². The fourth-order valence-corrected chi connectivity index (χ4v) is 12.3. The SMILES string of the molecule is O=C(O)C(CSSC[C@H](NC(=O)C12CC3CC(CC(C3)C1)C2)C(=O)O)NC(=O)C12CC3CC(CC(C3)C1)C2. The van der Waals surface area contributed by atoms with Crippen LogP contribution in [0.25, 0.3) is 0 Å². The molecule has 2 atom stereocenters. The van der Waals surface area contributed by atoms with Gasteiger partial charge in [-0.1, -0.05) is 21.6 Å². The van der Waals surface area contributed by atoms with E-state index >= 15 is 0 Å². The number of carbonyl (C=O) groups excluding carboxylic acids is 2. The van der Waals surface area contributed by atoms with Crippen molar-refractivity contribution in [3.63, 3.8) is 0 Å². The molecular weight excluding hydrogens is 524 g/mol. The summed E-state index contributed by atoms with van der Waals surface area (Å²) in [5.74, 6) is 1.53. The van der Waals surface area contributed by atoms with Crippen LogP contribution in [-0.2, 0) is 19.2 Å². The molecule has 0 spiro atoms. The summed E-state index contributed by atoms with van der Waals surface area (Å²) < 4.78 is 0. The summed E-state index contributed by atoms with van der Waals surface area (Å²) in [6.07, 6.45) is 12.5. The van der Waals surface area contributed by atoms with Gasteiger partial charge in [-0.25, -0.2) is 9.59 Å². The quantitative estimate of drug-likeness (QED) is 0.219. The first-order chi connectivity index (χ1) is 18.1. The van der Waals surface area contributed by atoms with Gasteiger partial charge in [0.05, 0.1) is 0 Å². The molecule has 0 heterocycles. The Labute approximate surface area is 232 Å². The van der Waals surface area contributed by atoms with Crippen molar-refractivity contribution in [1.82, 2.24) is 10.6 Å². The summed E-state index contributed by atoms with van der Waals surface area (Å²) >= 11 is 0. The van der Waals surface area contributed by atoms with Crippen LogP contribution >= 0.6 is 21.6 Å². The highest BCUT2D eigenvalue weighted by molar-refractivity contribution is 8.76. The number of nitrogens with one attached hydrogen (secondary N) is 2. The second-order valence-corrected chi connectivity index (χ2v) is 16.2. The minimum atomic E-state index is -1.07. The molecule has 4 N–H and O–H groups in total. The summed E-state index contributed by atoms with van der Waals surface area (Å²) in [5.41, 5.74) is -0.813. The van der Waals surface area contributed by atoms with Crippen LogP contribution in [0.5, 0.6) is 0 Å². The molecule has 8 aliphatic carbocycles. The number of carbonyl (C=O) groups is 4. The Morgan fingerprint density at radius 2 is 0.842 bits per heavy atom. The number of rotatable bonds is 11. The molecule has 8 rings (SSSR count). The molecule has 0 radical (unpaired) electrons. The van der Waals surface area contributed by atoms with E-state index in [1.54, 1.807) is 0 Å². The maximum absolute atomic E-state index is 13.3. The van der Waals surface area contributed by atoms with Crippen molar-refractivity contribution in [2.45, 2.75) is 89.1 Å². The number of hydrogen-bond acceptors (Lipinski definition) is 6. The Morgan fingerprint density at radius 1 is 0.579 bits per heavy atom. The third-order valence-corrected chi connectivity index (χ3v) is 13.2. The number of aliphatic carboxylic acids is 2. The van der Waals surface area contributed by atoms with Gasteiger partial charge in [0.2, 0.25) is 11.8 Å². The van der Waals surface area contributed by atoms with E-state index in [1.807, 2.05) is 0 Å². The molecule has 8 nitrogen and oxygen atoms in total. The van der Waals surface area contributed by atoms with E-state index in [-0.39, 0.29) is 23.3 Å². The minimum Gasteiger partial charge on any atom is -0.480 e. The Balaban J connectivity index is 0.996. The molecule has 8 fully saturated rings. The van der Waals surface area contributed by atoms with E-state index in [0.717, 1.165) is 38.5 Å². The Hall–Kier alpha value is -1.42. The standard InChI is InChI=1S/C28H40N2O6S2/c31-23(32)21(29-25(35)27-7-15-1-16(8-27)3-17(2-15)9-27)13-37-38-14-22(24(33)34)30-26(36)28-10-18-4-19(11-28)6-20(5-18)12-28/h15-22H,1-14H2,(H,29,35)(H,30,36)(H,31,32)(H,33,34)/t15?,16?,17?,18?,19?,20?,21-,22?,27?,28?/m0/s1. The fraction of sp³-hybridized carbons (Fsp3) is 0.857. The van der Waals surface area contributed by atoms with Crippen molar-refractivity contribution in [3.8, 4) is 0 Å². The molecule has 0 aromatic rings. The van der Waals surface area contributed by atoms with Crippen LogP contribution in [0.3, 0.4) is 0 Å². The number of carboxylic acid groups (broad SMARTS) is 2. The Kier molecular flexibility index (Phi) is 7.19. The molecule has 0 aromatic heterocycles. The smallest absolute Gasteiger partial charge is 0.327 e. The monoisotopic (exact) mass is 564 g/mol. The van der Waals surface area contributed by atoms with E-state index in [0.29, 0.717) is 35.5 Å². The average molecular weight is 565 g/mol. The number of hydrogen-bond donors (Lipinski definition) is 4. The van der Waals surface area contributed by atoms with E-state index < -0.39 is 34.9 Å². The molecule has 0 aliphatic heterocycles. The van der Waals surface area contributed by atoms with E-state index in [4.69, 9.17) is 0 Å². The van der Waals surface area contributed by atoms with E-state index in [2.05, 4.69) is 10.6 Å². The van der Waals surface area contributed by atoms with Crippen molar-refractivity contribution in [1.29, 1.82) is 0 Å². The van der Waals surface area contributed by atoms with E-state index in [9.17, 15) is 29.4 Å². The predicted molar refractivity (Wildman–Crippen MR) is 145 cm³/mol. The molecule has 8 saturated carbocycles. The average Bonchev–Trinajstić information content (AvgIpc) is 2.82. The van der Waals surface area contributed by atoms with Gasteiger partial charge in [-0.2, -0.15) is 0 Å². The molecule has 8 bridgehead atoms. The van der Waals surface area contributed by atoms with Crippen LogP contribution in [0.15, 0.2) is 0 Å². The molecular formula is C28H40N2O6S2. The van der Waals surface area contributed by atoms with Gasteiger partial charge in [0, 0.05) is 22.3 Å². The zero-order chi connectivity index (χ0) is 26.7. The van der Waals surface area contributed by atoms with Crippen molar-refractivity contribution in [2.24, 2.45) is 46.3 Å². The second kappa shape index (κ2) is 10.2. The maximum atomic E-state index is 13.3. The topological polar surface area (TPSA) is 133 Å². The number of carboxylic acids is 2. The van der Waals surface area contributed by atoms with Gasteiger partial charge < -0.3 is 20.8 Å². The molecule has 210 valence electrons. The van der Waals surface area contributed by atoms with Crippen molar-refractivity contribution in [2.75, 3.05) is 11.5 Å². The predicted octanol–water partition coefficient (Wildman–Crippen LogP) is 3.94. The van der Waals surface area contributed by atoms with Gasteiger partial charge in [-0.05, 0) is 113 Å². The molecule has 0 aromatic carbocycles. The molecule has 10 heteroatoms. The van der Waals surface area contributed by atoms with Gasteiger partial charge in [0.25, 0.3) is 0 Å². The van der Waals surface area contributed by atoms with Crippen LogP contribution < -0.4 is 10.6 Å². The first kappa shape index (κ1) is 26.8. The molecule has 1 unspecified atom stereocenters. The fourth-order valence-electron chi connectivity index (χ4n) is 9.98. The Morgan fingerprint density at radius 3 is 1.08 bits per heavy atom. The van der Waals surface area contributed by atoms with Crippen LogP contribution in [0, 0.1) is 46.3 Å². The van der Waals surface area contributed by atoms with Crippen LogP contribution in [0.2, 0.25) is 0 Å². The molecule has 0 saturated heterocycles. The lowest BCUT2D eigenvalue weighted by Gasteiger charge is -2.55. The molecule has 2 amide bonds. The highest BCUT2D eigenvalue weighted by atomic mass is 33.1. The van der Waals surface area contributed by atoms with Crippen LogP contribution in [0.1, 0.15) is 77.0 Å². The maximum Gasteiger partial charge on any atom is 0.327 e. The lowest BCUT2D eigenvalue weighted by molar-refractivity contribution is -0.151. The Bertz CT molecular complexity index is 853. The lowest BCUT2D eigenvalue weighted by Crippen LogP contribution is -2.56. The second-order valence-electron chi connectivity index (χ2n) is 13.7. The molecule has 38 heavy (non-hydrogen) atoms. The largest absolute Gasteiger partial charge is 0.480 e. The minimum absolute atomic E-state index is 0.110. The lowest BCUT2D eigenvalue weighted by atomic mass is 9.49. The van der Waals surface area contributed by atoms with Crippen molar-refractivity contribution >= 4 is 45.3 Å². The zero-order valence-electron chi connectivity index (χ0n) is 21.9.